The number of aliphatic imine (C=N–C) groups is 1. The van der Waals surface area contributed by atoms with Crippen LogP contribution in [0.15, 0.2) is 35.3 Å². The SMILES string of the molecule is O=C(NC1CC(O)C=NC1=O)OCc1ccccc1. The van der Waals surface area contributed by atoms with Crippen molar-refractivity contribution in [3.05, 3.63) is 35.9 Å². The lowest BCUT2D eigenvalue weighted by molar-refractivity contribution is -0.120. The van der Waals surface area contributed by atoms with Gasteiger partial charge < -0.3 is 15.2 Å². The molecule has 1 aromatic rings. The minimum Gasteiger partial charge on any atom is -0.445 e. The van der Waals surface area contributed by atoms with Crippen molar-refractivity contribution in [2.75, 3.05) is 0 Å². The van der Waals surface area contributed by atoms with Crippen molar-refractivity contribution in [1.82, 2.24) is 5.32 Å². The van der Waals surface area contributed by atoms with E-state index in [1.807, 2.05) is 30.3 Å². The first kappa shape index (κ1) is 13.2. The molecule has 0 spiro atoms. The summed E-state index contributed by atoms with van der Waals surface area (Å²) in [6, 6.07) is 8.37. The smallest absolute Gasteiger partial charge is 0.408 e. The van der Waals surface area contributed by atoms with Gasteiger partial charge in [-0.3, -0.25) is 4.79 Å². The molecular weight excluding hydrogens is 248 g/mol. The van der Waals surface area contributed by atoms with E-state index in [0.717, 1.165) is 11.8 Å². The topological polar surface area (TPSA) is 88.0 Å². The molecule has 1 aliphatic heterocycles. The number of amides is 2. The maximum absolute atomic E-state index is 11.5. The van der Waals surface area contributed by atoms with Crippen LogP contribution in [-0.4, -0.2) is 35.5 Å². The van der Waals surface area contributed by atoms with Gasteiger partial charge in [-0.25, -0.2) is 9.79 Å². The number of nitrogens with zero attached hydrogens (tertiary/aromatic N) is 1. The predicted octanol–water partition coefficient (Wildman–Crippen LogP) is 0.643. The minimum absolute atomic E-state index is 0.114. The minimum atomic E-state index is -0.830. The Morgan fingerprint density at radius 3 is 2.89 bits per heavy atom. The number of alkyl carbamates (subject to hydrolysis) is 1. The van der Waals surface area contributed by atoms with Crippen LogP contribution in [0.25, 0.3) is 0 Å². The van der Waals surface area contributed by atoms with E-state index in [1.54, 1.807) is 0 Å². The highest BCUT2D eigenvalue weighted by Crippen LogP contribution is 2.06. The van der Waals surface area contributed by atoms with Gasteiger partial charge in [0, 0.05) is 12.6 Å². The summed E-state index contributed by atoms with van der Waals surface area (Å²) in [4.78, 5) is 26.4. The lowest BCUT2D eigenvalue weighted by atomic mass is 10.1. The van der Waals surface area contributed by atoms with Gasteiger partial charge >= 0.3 is 6.09 Å². The van der Waals surface area contributed by atoms with E-state index in [4.69, 9.17) is 4.74 Å². The Balaban J connectivity index is 1.81. The van der Waals surface area contributed by atoms with Crippen molar-refractivity contribution in [3.8, 4) is 0 Å². The molecule has 19 heavy (non-hydrogen) atoms. The number of benzene rings is 1. The Morgan fingerprint density at radius 1 is 1.42 bits per heavy atom. The number of nitrogens with one attached hydrogen (secondary N) is 1. The van der Waals surface area contributed by atoms with Crippen molar-refractivity contribution in [2.45, 2.75) is 25.2 Å². The van der Waals surface area contributed by atoms with Crippen LogP contribution in [-0.2, 0) is 16.1 Å². The number of carbonyl (C=O) groups excluding carboxylic acids is 2. The van der Waals surface area contributed by atoms with Gasteiger partial charge in [-0.2, -0.15) is 0 Å². The first-order valence-electron chi connectivity index (χ1n) is 5.88. The number of carbonyl (C=O) groups is 2. The first-order chi connectivity index (χ1) is 9.15. The Labute approximate surface area is 110 Å². The molecule has 2 unspecified atom stereocenters. The molecule has 0 saturated heterocycles. The Kier molecular flexibility index (Phi) is 4.25. The van der Waals surface area contributed by atoms with E-state index in [0.29, 0.717) is 0 Å². The molecular formula is C13H14N2O4. The number of aliphatic hydroxyl groups is 1. The summed E-state index contributed by atoms with van der Waals surface area (Å²) in [6.07, 6.45) is -0.248. The van der Waals surface area contributed by atoms with Crippen LogP contribution in [0.5, 0.6) is 0 Å². The molecule has 0 fully saturated rings. The molecule has 0 aromatic heterocycles. The van der Waals surface area contributed by atoms with Crippen LogP contribution in [0.1, 0.15) is 12.0 Å². The summed E-state index contributed by atoms with van der Waals surface area (Å²) in [7, 11) is 0. The Bertz CT molecular complexity index is 487. The third-order valence-corrected chi connectivity index (χ3v) is 2.65. The molecule has 0 bridgehead atoms. The quantitative estimate of drug-likeness (QED) is 0.836. The maximum atomic E-state index is 11.5. The van der Waals surface area contributed by atoms with E-state index in [1.165, 1.54) is 0 Å². The van der Waals surface area contributed by atoms with Crippen molar-refractivity contribution >= 4 is 18.2 Å². The fourth-order valence-electron chi connectivity index (χ4n) is 1.68. The van der Waals surface area contributed by atoms with Gasteiger partial charge in [0.25, 0.3) is 5.91 Å². The average molecular weight is 262 g/mol. The molecule has 0 aliphatic carbocycles. The molecule has 1 heterocycles. The van der Waals surface area contributed by atoms with E-state index >= 15 is 0 Å². The largest absolute Gasteiger partial charge is 0.445 e. The molecule has 2 rings (SSSR count). The summed E-state index contributed by atoms with van der Waals surface area (Å²) in [5.41, 5.74) is 0.852. The van der Waals surface area contributed by atoms with Gasteiger partial charge in [0.2, 0.25) is 0 Å². The van der Waals surface area contributed by atoms with Crippen molar-refractivity contribution in [3.63, 3.8) is 0 Å². The van der Waals surface area contributed by atoms with E-state index in [-0.39, 0.29) is 13.0 Å². The molecule has 6 heteroatoms. The van der Waals surface area contributed by atoms with Gasteiger partial charge in [-0.15, -0.1) is 0 Å². The molecule has 2 amide bonds. The highest BCUT2D eigenvalue weighted by atomic mass is 16.5. The zero-order valence-electron chi connectivity index (χ0n) is 10.2. The fraction of sp³-hybridized carbons (Fsp3) is 0.308. The van der Waals surface area contributed by atoms with Crippen molar-refractivity contribution in [1.29, 1.82) is 0 Å². The lowest BCUT2D eigenvalue weighted by Crippen LogP contribution is -2.45. The van der Waals surface area contributed by atoms with Crippen LogP contribution < -0.4 is 5.32 Å². The monoisotopic (exact) mass is 262 g/mol. The summed E-state index contributed by atoms with van der Waals surface area (Å²) in [6.45, 7) is 0.124. The van der Waals surface area contributed by atoms with Crippen LogP contribution >= 0.6 is 0 Å². The molecule has 6 nitrogen and oxygen atoms in total. The number of ether oxygens (including phenoxy) is 1. The molecule has 1 aromatic carbocycles. The number of hydrogen-bond acceptors (Lipinski definition) is 4. The van der Waals surface area contributed by atoms with Crippen LogP contribution in [0.2, 0.25) is 0 Å². The average Bonchev–Trinajstić information content (AvgIpc) is 2.42. The van der Waals surface area contributed by atoms with Gasteiger partial charge in [-0.1, -0.05) is 30.3 Å². The number of hydrogen-bond donors (Lipinski definition) is 2. The molecule has 2 N–H and O–H groups in total. The molecule has 1 aliphatic rings. The Hall–Kier alpha value is -2.21. The van der Waals surface area contributed by atoms with Crippen LogP contribution in [0, 0.1) is 0 Å². The lowest BCUT2D eigenvalue weighted by Gasteiger charge is -2.20. The van der Waals surface area contributed by atoms with E-state index < -0.39 is 24.1 Å². The van der Waals surface area contributed by atoms with E-state index in [9.17, 15) is 14.7 Å². The second kappa shape index (κ2) is 6.10. The Morgan fingerprint density at radius 2 is 2.16 bits per heavy atom. The van der Waals surface area contributed by atoms with E-state index in [2.05, 4.69) is 10.3 Å². The van der Waals surface area contributed by atoms with Gasteiger partial charge in [0.15, 0.2) is 0 Å². The maximum Gasteiger partial charge on any atom is 0.408 e. The standard InChI is InChI=1S/C13H14N2O4/c16-10-6-11(12(17)14-7-10)15-13(18)19-8-9-4-2-1-3-5-9/h1-5,7,10-11,16H,6,8H2,(H,15,18). The zero-order chi connectivity index (χ0) is 13.7. The van der Waals surface area contributed by atoms with Gasteiger partial charge in [0.1, 0.15) is 12.6 Å². The molecule has 2 atom stereocenters. The van der Waals surface area contributed by atoms with Crippen molar-refractivity contribution < 1.29 is 19.4 Å². The fourth-order valence-corrected chi connectivity index (χ4v) is 1.68. The van der Waals surface area contributed by atoms with Crippen LogP contribution in [0.3, 0.4) is 0 Å². The zero-order valence-corrected chi connectivity index (χ0v) is 10.2. The first-order valence-corrected chi connectivity index (χ1v) is 5.88. The number of aliphatic hydroxyl groups excluding tert-OH is 1. The summed E-state index contributed by atoms with van der Waals surface area (Å²) in [5, 5.41) is 11.7. The molecule has 100 valence electrons. The second-order valence-corrected chi connectivity index (χ2v) is 4.18. The second-order valence-electron chi connectivity index (χ2n) is 4.18. The van der Waals surface area contributed by atoms with Crippen LogP contribution in [0.4, 0.5) is 4.79 Å². The van der Waals surface area contributed by atoms with Crippen molar-refractivity contribution in [2.24, 2.45) is 4.99 Å². The molecule has 0 radical (unpaired) electrons. The number of rotatable bonds is 3. The third-order valence-electron chi connectivity index (χ3n) is 2.65. The van der Waals surface area contributed by atoms with Gasteiger partial charge in [0.05, 0.1) is 6.10 Å². The normalized spacial score (nSPS) is 22.1. The highest BCUT2D eigenvalue weighted by molar-refractivity contribution is 5.94. The summed E-state index contributed by atoms with van der Waals surface area (Å²) in [5.74, 6) is -0.484. The summed E-state index contributed by atoms with van der Waals surface area (Å²) < 4.78 is 4.98. The highest BCUT2D eigenvalue weighted by Gasteiger charge is 2.26. The van der Waals surface area contributed by atoms with Gasteiger partial charge in [-0.05, 0) is 5.56 Å². The summed E-state index contributed by atoms with van der Waals surface area (Å²) >= 11 is 0. The third kappa shape index (κ3) is 3.89. The molecule has 0 saturated carbocycles. The predicted molar refractivity (Wildman–Crippen MR) is 67.7 cm³/mol.